The largest absolute Gasteiger partial charge is 0.454 e. The van der Waals surface area contributed by atoms with Crippen LogP contribution in [0.15, 0.2) is 70.6 Å². The van der Waals surface area contributed by atoms with Gasteiger partial charge in [0, 0.05) is 12.4 Å². The topological polar surface area (TPSA) is 61.6 Å². The molecular weight excluding hydrogens is 356 g/mol. The second-order valence-corrected chi connectivity index (χ2v) is 6.26. The van der Waals surface area contributed by atoms with Gasteiger partial charge in [-0.1, -0.05) is 0 Å². The fourth-order valence-electron chi connectivity index (χ4n) is 2.91. The van der Waals surface area contributed by atoms with E-state index < -0.39 is 0 Å². The lowest BCUT2D eigenvalue weighted by atomic mass is 10.2. The molecule has 2 aliphatic rings. The maximum absolute atomic E-state index is 5.38. The van der Waals surface area contributed by atoms with Gasteiger partial charge in [-0.3, -0.25) is 9.98 Å². The molecule has 0 aromatic heterocycles. The van der Waals surface area contributed by atoms with Crippen LogP contribution in [0.25, 0.3) is 0 Å². The van der Waals surface area contributed by atoms with Crippen LogP contribution in [0.3, 0.4) is 0 Å². The molecule has 0 amide bonds. The quantitative estimate of drug-likeness (QED) is 0.626. The second-order valence-electron chi connectivity index (χ2n) is 6.26. The number of fused-ring (bicyclic) bond motifs is 2. The third-order valence-corrected chi connectivity index (χ3v) is 4.37. The van der Waals surface area contributed by atoms with E-state index in [1.165, 1.54) is 0 Å². The van der Waals surface area contributed by atoms with Crippen molar-refractivity contribution in [2.45, 2.75) is 0 Å². The van der Waals surface area contributed by atoms with Crippen LogP contribution in [0.4, 0.5) is 11.4 Å². The van der Waals surface area contributed by atoms with Crippen LogP contribution >= 0.6 is 0 Å². The highest BCUT2D eigenvalue weighted by Gasteiger charge is 2.13. The predicted molar refractivity (Wildman–Crippen MR) is 106 cm³/mol. The molecule has 6 nitrogen and oxygen atoms in total. The number of benzene rings is 3. The van der Waals surface area contributed by atoms with E-state index >= 15 is 0 Å². The summed E-state index contributed by atoms with van der Waals surface area (Å²) in [6.45, 7) is 0.536. The van der Waals surface area contributed by atoms with E-state index in [0.717, 1.165) is 45.5 Å². The molecule has 138 valence electrons. The molecule has 0 atom stereocenters. The molecule has 0 N–H and O–H groups in total. The van der Waals surface area contributed by atoms with Crippen molar-refractivity contribution < 1.29 is 18.9 Å². The van der Waals surface area contributed by atoms with Crippen molar-refractivity contribution >= 4 is 23.8 Å². The van der Waals surface area contributed by atoms with Gasteiger partial charge >= 0.3 is 0 Å². The first-order valence-electron chi connectivity index (χ1n) is 8.81. The van der Waals surface area contributed by atoms with Crippen molar-refractivity contribution in [3.05, 3.63) is 71.8 Å². The van der Waals surface area contributed by atoms with Crippen LogP contribution in [-0.4, -0.2) is 26.0 Å². The summed E-state index contributed by atoms with van der Waals surface area (Å²) < 4.78 is 21.4. The van der Waals surface area contributed by atoms with E-state index in [1.807, 2.05) is 60.7 Å². The third-order valence-electron chi connectivity index (χ3n) is 4.37. The van der Waals surface area contributed by atoms with E-state index in [2.05, 4.69) is 9.98 Å². The van der Waals surface area contributed by atoms with E-state index in [1.54, 1.807) is 12.4 Å². The zero-order valence-electron chi connectivity index (χ0n) is 14.9. The maximum atomic E-state index is 5.38. The first-order valence-corrected chi connectivity index (χ1v) is 8.81. The maximum Gasteiger partial charge on any atom is 0.231 e. The molecule has 3 aromatic carbocycles. The van der Waals surface area contributed by atoms with Crippen molar-refractivity contribution in [1.82, 2.24) is 0 Å². The molecular formula is C22H16N2O4. The van der Waals surface area contributed by atoms with Crippen molar-refractivity contribution in [3.8, 4) is 23.0 Å². The monoisotopic (exact) mass is 372 g/mol. The molecule has 6 heteroatoms. The van der Waals surface area contributed by atoms with E-state index in [9.17, 15) is 0 Å². The Bertz CT molecular complexity index is 988. The molecule has 0 aliphatic carbocycles. The minimum Gasteiger partial charge on any atom is -0.454 e. The highest BCUT2D eigenvalue weighted by atomic mass is 16.7. The second kappa shape index (κ2) is 7.08. The summed E-state index contributed by atoms with van der Waals surface area (Å²) in [5.74, 6) is 3.03. The molecule has 0 spiro atoms. The van der Waals surface area contributed by atoms with Gasteiger partial charge < -0.3 is 18.9 Å². The molecule has 0 radical (unpaired) electrons. The number of rotatable bonds is 4. The zero-order chi connectivity index (χ0) is 18.8. The predicted octanol–water partition coefficient (Wildman–Crippen LogP) is 4.65. The highest BCUT2D eigenvalue weighted by Crippen LogP contribution is 2.33. The Kier molecular flexibility index (Phi) is 4.14. The normalized spacial score (nSPS) is 14.3. The van der Waals surface area contributed by atoms with Gasteiger partial charge in [0.25, 0.3) is 0 Å². The van der Waals surface area contributed by atoms with Crippen molar-refractivity contribution in [2.75, 3.05) is 13.6 Å². The van der Waals surface area contributed by atoms with Gasteiger partial charge in [-0.2, -0.15) is 0 Å². The molecule has 0 saturated carbocycles. The number of nitrogens with zero attached hydrogens (tertiary/aromatic N) is 2. The van der Waals surface area contributed by atoms with Gasteiger partial charge in [-0.05, 0) is 71.8 Å². The zero-order valence-corrected chi connectivity index (χ0v) is 14.9. The molecule has 0 saturated heterocycles. The van der Waals surface area contributed by atoms with Crippen LogP contribution in [0.5, 0.6) is 23.0 Å². The minimum atomic E-state index is 0.268. The average Bonchev–Trinajstić information content (AvgIpc) is 3.39. The lowest BCUT2D eigenvalue weighted by molar-refractivity contribution is 0.173. The average molecular weight is 372 g/mol. The Labute approximate surface area is 161 Å². The molecule has 3 aromatic rings. The van der Waals surface area contributed by atoms with Gasteiger partial charge in [0.05, 0.1) is 11.4 Å². The number of hydrogen-bond donors (Lipinski definition) is 0. The Hall–Kier alpha value is -3.80. The van der Waals surface area contributed by atoms with Crippen molar-refractivity contribution in [3.63, 3.8) is 0 Å². The number of hydrogen-bond acceptors (Lipinski definition) is 6. The summed E-state index contributed by atoms with van der Waals surface area (Å²) in [7, 11) is 0. The summed E-state index contributed by atoms with van der Waals surface area (Å²) >= 11 is 0. The molecule has 0 fully saturated rings. The Morgan fingerprint density at radius 3 is 1.43 bits per heavy atom. The van der Waals surface area contributed by atoms with Gasteiger partial charge in [0.1, 0.15) is 0 Å². The molecule has 0 unspecified atom stereocenters. The van der Waals surface area contributed by atoms with Gasteiger partial charge in [0.2, 0.25) is 13.6 Å². The molecule has 5 rings (SSSR count). The molecule has 2 aliphatic heterocycles. The standard InChI is InChI=1S/C22H16N2O4/c1-7-19-21(27-13-25-19)9-15(1)11-23-17-3-5-18(6-4-17)24-12-16-2-8-20-22(10-16)28-14-26-20/h1-12H,13-14H2. The first-order chi connectivity index (χ1) is 13.8. The SMILES string of the molecule is C(=Nc1ccc(N=Cc2ccc3c(c2)OCO3)cc1)c1ccc2c(c1)OCO2. The first kappa shape index (κ1) is 16.4. The van der Waals surface area contributed by atoms with Crippen molar-refractivity contribution in [1.29, 1.82) is 0 Å². The lowest BCUT2D eigenvalue weighted by Crippen LogP contribution is -1.92. The van der Waals surface area contributed by atoms with Crippen LogP contribution < -0.4 is 18.9 Å². The lowest BCUT2D eigenvalue weighted by Gasteiger charge is -1.99. The summed E-state index contributed by atoms with van der Waals surface area (Å²) in [6.07, 6.45) is 3.60. The fourth-order valence-corrected chi connectivity index (χ4v) is 2.91. The van der Waals surface area contributed by atoms with Gasteiger partial charge in [0.15, 0.2) is 23.0 Å². The molecule has 0 bridgehead atoms. The van der Waals surface area contributed by atoms with E-state index in [0.29, 0.717) is 0 Å². The number of aliphatic imine (C=N–C) groups is 2. The van der Waals surface area contributed by atoms with Gasteiger partial charge in [-0.25, -0.2) is 0 Å². The van der Waals surface area contributed by atoms with Crippen LogP contribution in [0.1, 0.15) is 11.1 Å². The summed E-state index contributed by atoms with van der Waals surface area (Å²) in [6, 6.07) is 19.2. The summed E-state index contributed by atoms with van der Waals surface area (Å²) in [4.78, 5) is 8.99. The van der Waals surface area contributed by atoms with Crippen LogP contribution in [0, 0.1) is 0 Å². The Balaban J connectivity index is 1.26. The third kappa shape index (κ3) is 3.40. The molecule has 2 heterocycles. The Morgan fingerprint density at radius 1 is 0.536 bits per heavy atom. The van der Waals surface area contributed by atoms with Crippen molar-refractivity contribution in [2.24, 2.45) is 9.98 Å². The summed E-state index contributed by atoms with van der Waals surface area (Å²) in [5, 5.41) is 0. The smallest absolute Gasteiger partial charge is 0.231 e. The summed E-state index contributed by atoms with van der Waals surface area (Å²) in [5.41, 5.74) is 3.60. The Morgan fingerprint density at radius 2 is 0.964 bits per heavy atom. The van der Waals surface area contributed by atoms with Crippen LogP contribution in [-0.2, 0) is 0 Å². The van der Waals surface area contributed by atoms with E-state index in [4.69, 9.17) is 18.9 Å². The molecule has 28 heavy (non-hydrogen) atoms. The fraction of sp³-hybridized carbons (Fsp3) is 0.0909. The highest BCUT2D eigenvalue weighted by molar-refractivity contribution is 5.84. The van der Waals surface area contributed by atoms with E-state index in [-0.39, 0.29) is 13.6 Å². The van der Waals surface area contributed by atoms with Crippen LogP contribution in [0.2, 0.25) is 0 Å². The number of ether oxygens (including phenoxy) is 4. The van der Waals surface area contributed by atoms with Gasteiger partial charge in [-0.15, -0.1) is 0 Å². The minimum absolute atomic E-state index is 0.268.